The normalized spacial score (nSPS) is 10.5. The first-order chi connectivity index (χ1) is 8.33. The number of nitrogens with zero attached hydrogens (tertiary/aromatic N) is 4. The minimum absolute atomic E-state index is 0.853. The van der Waals surface area contributed by atoms with Crippen LogP contribution in [-0.2, 0) is 6.42 Å². The average Bonchev–Trinajstić information content (AvgIpc) is 2.83. The lowest BCUT2D eigenvalue weighted by molar-refractivity contribution is 0.817. The van der Waals surface area contributed by atoms with Crippen molar-refractivity contribution in [2.45, 2.75) is 26.7 Å². The number of aromatic nitrogens is 4. The zero-order chi connectivity index (χ0) is 12.1. The van der Waals surface area contributed by atoms with Crippen LogP contribution in [0.5, 0.6) is 0 Å². The van der Waals surface area contributed by atoms with Gasteiger partial charge in [-0.15, -0.1) is 0 Å². The first-order valence-electron chi connectivity index (χ1n) is 5.93. The predicted molar refractivity (Wildman–Crippen MR) is 67.3 cm³/mol. The highest BCUT2D eigenvalue weighted by Crippen LogP contribution is 2.11. The molecule has 17 heavy (non-hydrogen) atoms. The van der Waals surface area contributed by atoms with Gasteiger partial charge in [0.25, 0.3) is 0 Å². The molecule has 0 aromatic carbocycles. The first-order valence-corrected chi connectivity index (χ1v) is 5.93. The number of rotatable bonds is 5. The first kappa shape index (κ1) is 11.6. The number of imidazole rings is 1. The van der Waals surface area contributed by atoms with Crippen LogP contribution in [0.1, 0.15) is 26.1 Å². The fourth-order valence-electron chi connectivity index (χ4n) is 1.62. The van der Waals surface area contributed by atoms with Gasteiger partial charge >= 0.3 is 0 Å². The molecule has 2 rings (SSSR count). The lowest BCUT2D eigenvalue weighted by Crippen LogP contribution is -2.07. The summed E-state index contributed by atoms with van der Waals surface area (Å²) in [6.45, 7) is 5.03. The zero-order valence-electron chi connectivity index (χ0n) is 10.2. The van der Waals surface area contributed by atoms with E-state index in [0.29, 0.717) is 0 Å². The Morgan fingerprint density at radius 1 is 1.29 bits per heavy atom. The highest BCUT2D eigenvalue weighted by Gasteiger charge is 2.05. The summed E-state index contributed by atoms with van der Waals surface area (Å²) < 4.78 is 1.89. The van der Waals surface area contributed by atoms with E-state index in [-0.39, 0.29) is 0 Å². The highest BCUT2D eigenvalue weighted by atomic mass is 15.1. The fourth-order valence-corrected chi connectivity index (χ4v) is 1.62. The van der Waals surface area contributed by atoms with E-state index in [2.05, 4.69) is 34.1 Å². The summed E-state index contributed by atoms with van der Waals surface area (Å²) in [6.07, 6.45) is 7.30. The van der Waals surface area contributed by atoms with E-state index in [1.807, 2.05) is 16.8 Å². The van der Waals surface area contributed by atoms with Crippen molar-refractivity contribution >= 4 is 5.82 Å². The minimum atomic E-state index is 0.853. The van der Waals surface area contributed by atoms with Crippen LogP contribution in [0, 0.1) is 0 Å². The van der Waals surface area contributed by atoms with Gasteiger partial charge in [0, 0.05) is 31.4 Å². The lowest BCUT2D eigenvalue weighted by Gasteiger charge is -2.08. The van der Waals surface area contributed by atoms with Gasteiger partial charge in [-0.25, -0.2) is 15.0 Å². The van der Waals surface area contributed by atoms with Crippen molar-refractivity contribution in [3.8, 4) is 5.82 Å². The van der Waals surface area contributed by atoms with Crippen LogP contribution in [0.15, 0.2) is 24.8 Å². The Morgan fingerprint density at radius 2 is 2.18 bits per heavy atom. The van der Waals surface area contributed by atoms with Gasteiger partial charge in [0.1, 0.15) is 23.8 Å². The van der Waals surface area contributed by atoms with Crippen molar-refractivity contribution < 1.29 is 0 Å². The Morgan fingerprint density at radius 3 is 2.82 bits per heavy atom. The Labute approximate surface area is 101 Å². The molecule has 1 N–H and O–H groups in total. The van der Waals surface area contributed by atoms with Gasteiger partial charge in [-0.05, 0) is 13.3 Å². The molecule has 5 heteroatoms. The summed E-state index contributed by atoms with van der Waals surface area (Å²) in [5.74, 6) is 2.60. The third-order valence-corrected chi connectivity index (χ3v) is 2.36. The molecule has 2 aromatic rings. The molecule has 90 valence electrons. The monoisotopic (exact) mass is 231 g/mol. The van der Waals surface area contributed by atoms with Gasteiger partial charge in [-0.3, -0.25) is 4.57 Å². The van der Waals surface area contributed by atoms with Crippen LogP contribution < -0.4 is 5.32 Å². The quantitative estimate of drug-likeness (QED) is 0.855. The molecular formula is C12H17N5. The summed E-state index contributed by atoms with van der Waals surface area (Å²) in [5, 5.41) is 3.22. The average molecular weight is 231 g/mol. The maximum Gasteiger partial charge on any atom is 0.143 e. The van der Waals surface area contributed by atoms with Gasteiger partial charge in [0.15, 0.2) is 0 Å². The zero-order valence-corrected chi connectivity index (χ0v) is 10.2. The van der Waals surface area contributed by atoms with Gasteiger partial charge in [-0.1, -0.05) is 6.92 Å². The maximum atomic E-state index is 4.52. The predicted octanol–water partition coefficient (Wildman–Crippen LogP) is 2.05. The van der Waals surface area contributed by atoms with E-state index in [4.69, 9.17) is 0 Å². The van der Waals surface area contributed by atoms with Gasteiger partial charge < -0.3 is 5.32 Å². The number of anilines is 1. The van der Waals surface area contributed by atoms with Crippen molar-refractivity contribution in [1.29, 1.82) is 0 Å². The topological polar surface area (TPSA) is 55.6 Å². The molecule has 0 atom stereocenters. The lowest BCUT2D eigenvalue weighted by atomic mass is 10.3. The molecule has 0 radical (unpaired) electrons. The summed E-state index contributed by atoms with van der Waals surface area (Å²) in [5.41, 5.74) is 0. The van der Waals surface area contributed by atoms with Crippen LogP contribution >= 0.6 is 0 Å². The van der Waals surface area contributed by atoms with Crippen LogP contribution in [0.2, 0.25) is 0 Å². The van der Waals surface area contributed by atoms with Crippen molar-refractivity contribution in [3.05, 3.63) is 30.6 Å². The molecular weight excluding hydrogens is 214 g/mol. The second-order valence-corrected chi connectivity index (χ2v) is 3.78. The Balaban J connectivity index is 2.37. The Bertz CT molecular complexity index is 440. The van der Waals surface area contributed by atoms with Crippen molar-refractivity contribution in [2.75, 3.05) is 11.9 Å². The fraction of sp³-hybridized carbons (Fsp3) is 0.417. The molecule has 0 fully saturated rings. The molecule has 0 unspecified atom stereocenters. The number of aryl methyl sites for hydroxylation is 1. The Hall–Kier alpha value is -1.91. The molecule has 2 aromatic heterocycles. The summed E-state index contributed by atoms with van der Waals surface area (Å²) in [7, 11) is 0. The van der Waals surface area contributed by atoms with E-state index in [1.54, 1.807) is 12.5 Å². The molecule has 0 amide bonds. The molecule has 2 heterocycles. The van der Waals surface area contributed by atoms with Crippen LogP contribution in [0.3, 0.4) is 0 Å². The van der Waals surface area contributed by atoms with E-state index in [0.717, 1.165) is 36.8 Å². The Kier molecular flexibility index (Phi) is 3.69. The van der Waals surface area contributed by atoms with Crippen LogP contribution in [0.4, 0.5) is 5.82 Å². The van der Waals surface area contributed by atoms with E-state index < -0.39 is 0 Å². The molecule has 5 nitrogen and oxygen atoms in total. The number of hydrogen-bond acceptors (Lipinski definition) is 4. The molecule has 0 aliphatic rings. The second kappa shape index (κ2) is 5.43. The van der Waals surface area contributed by atoms with Gasteiger partial charge in [0.05, 0.1) is 0 Å². The standard InChI is InChI=1S/C12H17N5/c1-3-5-10-15-11(14-4-2)8-12(16-10)17-7-6-13-9-17/h6-9H,3-5H2,1-2H3,(H,14,15,16). The van der Waals surface area contributed by atoms with Crippen molar-refractivity contribution in [1.82, 2.24) is 19.5 Å². The maximum absolute atomic E-state index is 4.52. The summed E-state index contributed by atoms with van der Waals surface area (Å²) >= 11 is 0. The second-order valence-electron chi connectivity index (χ2n) is 3.78. The third-order valence-electron chi connectivity index (χ3n) is 2.36. The van der Waals surface area contributed by atoms with E-state index in [9.17, 15) is 0 Å². The van der Waals surface area contributed by atoms with Crippen molar-refractivity contribution in [3.63, 3.8) is 0 Å². The minimum Gasteiger partial charge on any atom is -0.370 e. The molecule has 0 saturated heterocycles. The summed E-state index contributed by atoms with van der Waals surface area (Å²) in [4.78, 5) is 13.0. The number of hydrogen-bond donors (Lipinski definition) is 1. The third kappa shape index (κ3) is 2.81. The smallest absolute Gasteiger partial charge is 0.143 e. The molecule has 0 bridgehead atoms. The number of nitrogens with one attached hydrogen (secondary N) is 1. The van der Waals surface area contributed by atoms with E-state index >= 15 is 0 Å². The molecule has 0 aliphatic carbocycles. The van der Waals surface area contributed by atoms with Crippen LogP contribution in [0.25, 0.3) is 5.82 Å². The van der Waals surface area contributed by atoms with Gasteiger partial charge in [0.2, 0.25) is 0 Å². The van der Waals surface area contributed by atoms with Crippen molar-refractivity contribution in [2.24, 2.45) is 0 Å². The van der Waals surface area contributed by atoms with E-state index in [1.165, 1.54) is 0 Å². The molecule has 0 saturated carbocycles. The highest BCUT2D eigenvalue weighted by molar-refractivity contribution is 5.41. The van der Waals surface area contributed by atoms with Crippen LogP contribution in [-0.4, -0.2) is 26.1 Å². The largest absolute Gasteiger partial charge is 0.370 e. The summed E-state index contributed by atoms with van der Waals surface area (Å²) in [6, 6.07) is 1.93. The molecule has 0 aliphatic heterocycles. The molecule has 0 spiro atoms. The van der Waals surface area contributed by atoms with Gasteiger partial charge in [-0.2, -0.15) is 0 Å². The SMILES string of the molecule is CCCc1nc(NCC)cc(-n2ccnc2)n1.